The minimum atomic E-state index is 0.721. The number of aliphatic imine (C=N–C) groups is 1. The van der Waals surface area contributed by atoms with Crippen molar-refractivity contribution in [3.63, 3.8) is 0 Å². The summed E-state index contributed by atoms with van der Waals surface area (Å²) in [6.07, 6.45) is 2.70. The van der Waals surface area contributed by atoms with Gasteiger partial charge in [-0.15, -0.1) is 6.58 Å². The first-order valence-corrected chi connectivity index (χ1v) is 6.13. The van der Waals surface area contributed by atoms with Gasteiger partial charge in [0.05, 0.1) is 6.54 Å². The number of allylic oxidation sites excluding steroid dienone is 1. The summed E-state index contributed by atoms with van der Waals surface area (Å²) in [5.41, 5.74) is 3.50. The van der Waals surface area contributed by atoms with Crippen LogP contribution in [0.2, 0.25) is 0 Å². The monoisotopic (exact) mass is 235 g/mol. The van der Waals surface area contributed by atoms with Crippen LogP contribution in [0, 0.1) is 0 Å². The number of nitrogens with zero attached hydrogens (tertiary/aromatic N) is 1. The molecule has 1 heteroatoms. The van der Waals surface area contributed by atoms with Crippen molar-refractivity contribution >= 4 is 5.71 Å². The molecule has 2 aromatic rings. The van der Waals surface area contributed by atoms with Crippen LogP contribution < -0.4 is 0 Å². The minimum absolute atomic E-state index is 0.721. The topological polar surface area (TPSA) is 12.4 Å². The van der Waals surface area contributed by atoms with Crippen LogP contribution in [-0.4, -0.2) is 5.71 Å². The van der Waals surface area contributed by atoms with E-state index in [0.717, 1.165) is 18.7 Å². The molecular formula is C17H17N. The SMILES string of the molecule is C=CCC(=NCc1ccccc1)c1ccccc1. The van der Waals surface area contributed by atoms with Crippen molar-refractivity contribution in [3.05, 3.63) is 84.4 Å². The smallest absolute Gasteiger partial charge is 0.0643 e. The fraction of sp³-hybridized carbons (Fsp3) is 0.118. The Morgan fingerprint density at radius 3 is 2.17 bits per heavy atom. The number of hydrogen-bond acceptors (Lipinski definition) is 1. The Morgan fingerprint density at radius 1 is 0.944 bits per heavy atom. The molecule has 0 unspecified atom stereocenters. The third-order valence-corrected chi connectivity index (χ3v) is 2.74. The van der Waals surface area contributed by atoms with Gasteiger partial charge in [0.15, 0.2) is 0 Å². The first-order chi connectivity index (χ1) is 8.90. The predicted molar refractivity (Wildman–Crippen MR) is 77.9 cm³/mol. The predicted octanol–water partition coefficient (Wildman–Crippen LogP) is 4.25. The molecule has 2 aromatic carbocycles. The Balaban J connectivity index is 2.18. The highest BCUT2D eigenvalue weighted by atomic mass is 14.7. The maximum absolute atomic E-state index is 4.70. The van der Waals surface area contributed by atoms with Crippen molar-refractivity contribution in [1.29, 1.82) is 0 Å². The molecular weight excluding hydrogens is 218 g/mol. The van der Waals surface area contributed by atoms with E-state index in [-0.39, 0.29) is 0 Å². The van der Waals surface area contributed by atoms with Gasteiger partial charge in [-0.3, -0.25) is 4.99 Å². The van der Waals surface area contributed by atoms with Crippen LogP contribution in [0.5, 0.6) is 0 Å². The quantitative estimate of drug-likeness (QED) is 0.542. The van der Waals surface area contributed by atoms with Gasteiger partial charge < -0.3 is 0 Å². The molecule has 0 aromatic heterocycles. The molecule has 0 spiro atoms. The average Bonchev–Trinajstić information content (AvgIpc) is 2.45. The molecule has 18 heavy (non-hydrogen) atoms. The maximum Gasteiger partial charge on any atom is 0.0643 e. The van der Waals surface area contributed by atoms with Crippen molar-refractivity contribution in [2.24, 2.45) is 4.99 Å². The highest BCUT2D eigenvalue weighted by molar-refractivity contribution is 6.01. The van der Waals surface area contributed by atoms with Crippen molar-refractivity contribution in [1.82, 2.24) is 0 Å². The zero-order valence-electron chi connectivity index (χ0n) is 10.4. The van der Waals surface area contributed by atoms with E-state index < -0.39 is 0 Å². The standard InChI is InChI=1S/C17H17N/c1-2-9-17(16-12-7-4-8-13-16)18-14-15-10-5-3-6-11-15/h2-8,10-13H,1,9,14H2. The van der Waals surface area contributed by atoms with Crippen LogP contribution in [-0.2, 0) is 6.54 Å². The Hall–Kier alpha value is -2.15. The zero-order chi connectivity index (χ0) is 12.6. The third kappa shape index (κ3) is 3.42. The highest BCUT2D eigenvalue weighted by Gasteiger charge is 2.00. The van der Waals surface area contributed by atoms with E-state index in [9.17, 15) is 0 Å². The van der Waals surface area contributed by atoms with Gasteiger partial charge in [0.2, 0.25) is 0 Å². The second-order valence-electron chi connectivity index (χ2n) is 4.11. The summed E-state index contributed by atoms with van der Waals surface area (Å²) in [5, 5.41) is 0. The lowest BCUT2D eigenvalue weighted by molar-refractivity contribution is 1.06. The van der Waals surface area contributed by atoms with Gasteiger partial charge in [0.25, 0.3) is 0 Å². The summed E-state index contributed by atoms with van der Waals surface area (Å²) in [6.45, 7) is 4.52. The third-order valence-electron chi connectivity index (χ3n) is 2.74. The molecule has 0 atom stereocenters. The average molecular weight is 235 g/mol. The Morgan fingerprint density at radius 2 is 1.56 bits per heavy atom. The minimum Gasteiger partial charge on any atom is -0.284 e. The lowest BCUT2D eigenvalue weighted by Gasteiger charge is -2.04. The molecule has 0 fully saturated rings. The second-order valence-corrected chi connectivity index (χ2v) is 4.11. The van der Waals surface area contributed by atoms with E-state index in [4.69, 9.17) is 4.99 Å². The fourth-order valence-electron chi connectivity index (χ4n) is 1.81. The van der Waals surface area contributed by atoms with E-state index in [1.165, 1.54) is 11.1 Å². The summed E-state index contributed by atoms with van der Waals surface area (Å²) in [5.74, 6) is 0. The summed E-state index contributed by atoms with van der Waals surface area (Å²) < 4.78 is 0. The van der Waals surface area contributed by atoms with Crippen molar-refractivity contribution < 1.29 is 0 Å². The summed E-state index contributed by atoms with van der Waals surface area (Å²) in [6, 6.07) is 20.6. The van der Waals surface area contributed by atoms with Gasteiger partial charge in [-0.1, -0.05) is 66.7 Å². The van der Waals surface area contributed by atoms with Gasteiger partial charge >= 0.3 is 0 Å². The number of benzene rings is 2. The summed E-state index contributed by atoms with van der Waals surface area (Å²) >= 11 is 0. The van der Waals surface area contributed by atoms with Crippen LogP contribution in [0.1, 0.15) is 17.5 Å². The van der Waals surface area contributed by atoms with E-state index in [2.05, 4.69) is 30.8 Å². The van der Waals surface area contributed by atoms with Crippen LogP contribution in [0.25, 0.3) is 0 Å². The molecule has 0 saturated heterocycles. The number of rotatable bonds is 5. The maximum atomic E-state index is 4.70. The van der Waals surface area contributed by atoms with Crippen molar-refractivity contribution in [2.75, 3.05) is 0 Å². The first kappa shape index (κ1) is 12.3. The van der Waals surface area contributed by atoms with Crippen molar-refractivity contribution in [2.45, 2.75) is 13.0 Å². The molecule has 1 nitrogen and oxygen atoms in total. The molecule has 0 aliphatic carbocycles. The van der Waals surface area contributed by atoms with E-state index in [1.54, 1.807) is 0 Å². The van der Waals surface area contributed by atoms with Gasteiger partial charge in [0.1, 0.15) is 0 Å². The molecule has 2 rings (SSSR count). The van der Waals surface area contributed by atoms with E-state index in [0.29, 0.717) is 0 Å². The van der Waals surface area contributed by atoms with Gasteiger partial charge in [0, 0.05) is 12.1 Å². The van der Waals surface area contributed by atoms with E-state index >= 15 is 0 Å². The van der Waals surface area contributed by atoms with Crippen LogP contribution in [0.4, 0.5) is 0 Å². The lowest BCUT2D eigenvalue weighted by atomic mass is 10.1. The molecule has 0 heterocycles. The lowest BCUT2D eigenvalue weighted by Crippen LogP contribution is -2.00. The first-order valence-electron chi connectivity index (χ1n) is 6.13. The fourth-order valence-corrected chi connectivity index (χ4v) is 1.81. The summed E-state index contributed by atoms with van der Waals surface area (Å²) in [4.78, 5) is 4.70. The van der Waals surface area contributed by atoms with Gasteiger partial charge in [-0.2, -0.15) is 0 Å². The highest BCUT2D eigenvalue weighted by Crippen LogP contribution is 2.08. The molecule has 0 saturated carbocycles. The largest absolute Gasteiger partial charge is 0.284 e. The molecule has 0 aliphatic rings. The molecule has 0 N–H and O–H groups in total. The van der Waals surface area contributed by atoms with Gasteiger partial charge in [-0.05, 0) is 11.1 Å². The van der Waals surface area contributed by atoms with Crippen LogP contribution in [0.3, 0.4) is 0 Å². The Kier molecular flexibility index (Phi) is 4.48. The molecule has 0 radical (unpaired) electrons. The van der Waals surface area contributed by atoms with E-state index in [1.807, 2.05) is 42.5 Å². The normalized spacial score (nSPS) is 11.2. The molecule has 0 aliphatic heterocycles. The Bertz CT molecular complexity index is 512. The molecule has 90 valence electrons. The molecule has 0 bridgehead atoms. The van der Waals surface area contributed by atoms with Crippen LogP contribution >= 0.6 is 0 Å². The second kappa shape index (κ2) is 6.55. The van der Waals surface area contributed by atoms with Crippen molar-refractivity contribution in [3.8, 4) is 0 Å². The molecule has 0 amide bonds. The zero-order valence-corrected chi connectivity index (χ0v) is 10.4. The Labute approximate surface area is 109 Å². The van der Waals surface area contributed by atoms with Gasteiger partial charge in [-0.25, -0.2) is 0 Å². The number of hydrogen-bond donors (Lipinski definition) is 0. The summed E-state index contributed by atoms with van der Waals surface area (Å²) in [7, 11) is 0. The van der Waals surface area contributed by atoms with Crippen LogP contribution in [0.15, 0.2) is 78.3 Å².